The molecule has 3 rings (SSSR count). The lowest BCUT2D eigenvalue weighted by Gasteiger charge is -2.14. The molecule has 9 heteroatoms. The molecule has 190 valence electrons. The molecule has 3 aromatic rings. The van der Waals surface area contributed by atoms with Crippen molar-refractivity contribution in [1.29, 1.82) is 0 Å². The zero-order valence-electron chi connectivity index (χ0n) is 19.5. The number of aromatic carboxylic acids is 1. The number of ether oxygens (including phenoxy) is 1. The average Bonchev–Trinajstić information content (AvgIpc) is 2.82. The number of rotatable bonds is 10. The number of alkyl halides is 3. The van der Waals surface area contributed by atoms with Gasteiger partial charge in [0.1, 0.15) is 5.75 Å². The Hall–Kier alpha value is -3.52. The molecule has 0 aromatic heterocycles. The summed E-state index contributed by atoms with van der Waals surface area (Å²) in [5, 5.41) is 13.5. The fourth-order valence-corrected chi connectivity index (χ4v) is 3.88. The molecule has 0 atom stereocenters. The van der Waals surface area contributed by atoms with Crippen LogP contribution in [0, 0.1) is 0 Å². The highest BCUT2D eigenvalue weighted by Crippen LogP contribution is 2.36. The minimum absolute atomic E-state index is 0.0438. The van der Waals surface area contributed by atoms with E-state index in [2.05, 4.69) is 5.32 Å². The molecular weight excluding hydrogens is 495 g/mol. The summed E-state index contributed by atoms with van der Waals surface area (Å²) >= 11 is 6.49. The van der Waals surface area contributed by atoms with Gasteiger partial charge in [0.25, 0.3) is 0 Å². The summed E-state index contributed by atoms with van der Waals surface area (Å²) in [5.41, 5.74) is 0.485. The Morgan fingerprint density at radius 1 is 1.11 bits per heavy atom. The van der Waals surface area contributed by atoms with Crippen molar-refractivity contribution in [1.82, 2.24) is 0 Å². The van der Waals surface area contributed by atoms with Crippen molar-refractivity contribution in [3.05, 3.63) is 76.8 Å². The summed E-state index contributed by atoms with van der Waals surface area (Å²) in [5.74, 6) is -1.45. The Labute approximate surface area is 211 Å². The number of carboxylic acids is 1. The second-order valence-electron chi connectivity index (χ2n) is 8.14. The van der Waals surface area contributed by atoms with Gasteiger partial charge in [-0.05, 0) is 53.6 Å². The summed E-state index contributed by atoms with van der Waals surface area (Å²) < 4.78 is 44.7. The molecule has 0 saturated carbocycles. The molecule has 2 N–H and O–H groups in total. The molecule has 0 aliphatic heterocycles. The van der Waals surface area contributed by atoms with Crippen molar-refractivity contribution in [2.75, 3.05) is 11.9 Å². The standard InChI is InChI=1S/C27H25ClF3NO4/c1-2-3-14-36-23-11-9-19-15-17(8-10-20(19)25(23)28)18(12-13-27(29,30)31)16-24(33)32-22-7-5-4-6-21(22)26(34)35/h4-11,15-16H,2-3,12-14H2,1H3,(H,32,33)(H,34,35)/b18-16+. The van der Waals surface area contributed by atoms with E-state index in [0.717, 1.165) is 18.9 Å². The first-order valence-electron chi connectivity index (χ1n) is 11.3. The maximum atomic E-state index is 13.0. The minimum Gasteiger partial charge on any atom is -0.492 e. The Kier molecular flexibility index (Phi) is 8.98. The van der Waals surface area contributed by atoms with E-state index in [0.29, 0.717) is 33.7 Å². The molecule has 0 aliphatic rings. The predicted octanol–water partition coefficient (Wildman–Crippen LogP) is 7.73. The molecule has 0 bridgehead atoms. The van der Waals surface area contributed by atoms with Crippen LogP contribution in [0.1, 0.15) is 48.5 Å². The molecule has 5 nitrogen and oxygen atoms in total. The van der Waals surface area contributed by atoms with Crippen LogP contribution in [-0.2, 0) is 4.79 Å². The zero-order chi connectivity index (χ0) is 26.3. The van der Waals surface area contributed by atoms with E-state index < -0.39 is 30.9 Å². The fourth-order valence-electron chi connectivity index (χ4n) is 3.59. The first-order valence-corrected chi connectivity index (χ1v) is 11.7. The van der Waals surface area contributed by atoms with E-state index >= 15 is 0 Å². The van der Waals surface area contributed by atoms with Gasteiger partial charge in [0, 0.05) is 17.9 Å². The third kappa shape index (κ3) is 7.24. The molecule has 0 spiro atoms. The molecule has 0 radical (unpaired) electrons. The summed E-state index contributed by atoms with van der Waals surface area (Å²) in [6.45, 7) is 2.56. The maximum absolute atomic E-state index is 13.0. The Bertz CT molecular complexity index is 1290. The number of allylic oxidation sites excluding steroid dienone is 1. The lowest BCUT2D eigenvalue weighted by atomic mass is 9.97. The Morgan fingerprint density at radius 2 is 1.86 bits per heavy atom. The van der Waals surface area contributed by atoms with Gasteiger partial charge in [0.2, 0.25) is 5.91 Å². The van der Waals surface area contributed by atoms with E-state index in [1.807, 2.05) is 6.92 Å². The van der Waals surface area contributed by atoms with Crippen LogP contribution in [0.15, 0.2) is 60.7 Å². The third-order valence-corrected chi connectivity index (χ3v) is 5.83. The second kappa shape index (κ2) is 11.9. The van der Waals surface area contributed by atoms with Gasteiger partial charge in [-0.1, -0.05) is 55.3 Å². The number of carbonyl (C=O) groups is 2. The predicted molar refractivity (Wildman–Crippen MR) is 135 cm³/mol. The second-order valence-corrected chi connectivity index (χ2v) is 8.52. The minimum atomic E-state index is -4.42. The highest BCUT2D eigenvalue weighted by Gasteiger charge is 2.27. The zero-order valence-corrected chi connectivity index (χ0v) is 20.2. The molecule has 0 unspecified atom stereocenters. The van der Waals surface area contributed by atoms with Crippen LogP contribution in [-0.4, -0.2) is 29.8 Å². The van der Waals surface area contributed by atoms with E-state index in [4.69, 9.17) is 16.3 Å². The van der Waals surface area contributed by atoms with Crippen molar-refractivity contribution in [2.45, 2.75) is 38.8 Å². The van der Waals surface area contributed by atoms with Crippen LogP contribution < -0.4 is 10.1 Å². The van der Waals surface area contributed by atoms with Crippen LogP contribution in [0.5, 0.6) is 5.75 Å². The quantitative estimate of drug-likeness (QED) is 0.212. The first-order chi connectivity index (χ1) is 17.1. The van der Waals surface area contributed by atoms with Crippen LogP contribution >= 0.6 is 11.6 Å². The van der Waals surface area contributed by atoms with E-state index in [9.17, 15) is 27.9 Å². The summed E-state index contributed by atoms with van der Waals surface area (Å²) in [6, 6.07) is 14.2. The molecule has 36 heavy (non-hydrogen) atoms. The van der Waals surface area contributed by atoms with Crippen LogP contribution in [0.25, 0.3) is 16.3 Å². The number of anilines is 1. The van der Waals surface area contributed by atoms with Gasteiger partial charge >= 0.3 is 12.1 Å². The van der Waals surface area contributed by atoms with Crippen molar-refractivity contribution >= 4 is 45.5 Å². The molecule has 0 aliphatic carbocycles. The van der Waals surface area contributed by atoms with Crippen molar-refractivity contribution < 1.29 is 32.6 Å². The van der Waals surface area contributed by atoms with E-state index in [-0.39, 0.29) is 16.8 Å². The van der Waals surface area contributed by atoms with Gasteiger partial charge in [-0.3, -0.25) is 4.79 Å². The molecule has 0 saturated heterocycles. The van der Waals surface area contributed by atoms with Gasteiger partial charge < -0.3 is 15.2 Å². The van der Waals surface area contributed by atoms with E-state index in [1.165, 1.54) is 18.2 Å². The molecule has 1 amide bonds. The average molecular weight is 520 g/mol. The molecule has 0 heterocycles. The summed E-state index contributed by atoms with van der Waals surface area (Å²) in [6.07, 6.45) is -3.07. The molecule has 0 fully saturated rings. The number of benzene rings is 3. The number of nitrogens with one attached hydrogen (secondary N) is 1. The number of halogens is 4. The highest BCUT2D eigenvalue weighted by molar-refractivity contribution is 6.37. The van der Waals surface area contributed by atoms with Gasteiger partial charge in [-0.25, -0.2) is 4.79 Å². The maximum Gasteiger partial charge on any atom is 0.389 e. The smallest absolute Gasteiger partial charge is 0.389 e. The van der Waals surface area contributed by atoms with Gasteiger partial charge in [-0.2, -0.15) is 13.2 Å². The Balaban J connectivity index is 1.94. The number of unbranched alkanes of at least 4 members (excludes halogenated alkanes) is 1. The largest absolute Gasteiger partial charge is 0.492 e. The topological polar surface area (TPSA) is 75.6 Å². The number of para-hydroxylation sites is 1. The SMILES string of the molecule is CCCCOc1ccc2cc(/C(=C/C(=O)Nc3ccccc3C(=O)O)CCC(F)(F)F)ccc2c1Cl. The lowest BCUT2D eigenvalue weighted by Crippen LogP contribution is -2.13. The number of hydrogen-bond acceptors (Lipinski definition) is 3. The van der Waals surface area contributed by atoms with Crippen LogP contribution in [0.3, 0.4) is 0 Å². The summed E-state index contributed by atoms with van der Waals surface area (Å²) in [4.78, 5) is 24.1. The molecule has 3 aromatic carbocycles. The molecular formula is C27H25ClF3NO4. The first kappa shape index (κ1) is 27.1. The number of amides is 1. The van der Waals surface area contributed by atoms with Gasteiger partial charge in [-0.15, -0.1) is 0 Å². The van der Waals surface area contributed by atoms with Crippen molar-refractivity contribution in [2.24, 2.45) is 0 Å². The monoisotopic (exact) mass is 519 g/mol. The summed E-state index contributed by atoms with van der Waals surface area (Å²) in [7, 11) is 0. The third-order valence-electron chi connectivity index (χ3n) is 5.44. The number of fused-ring (bicyclic) bond motifs is 1. The number of carboxylic acid groups (broad SMARTS) is 1. The normalized spacial score (nSPS) is 12.0. The lowest BCUT2D eigenvalue weighted by molar-refractivity contribution is -0.133. The highest BCUT2D eigenvalue weighted by atomic mass is 35.5. The van der Waals surface area contributed by atoms with E-state index in [1.54, 1.807) is 36.4 Å². The number of carbonyl (C=O) groups excluding carboxylic acids is 1. The van der Waals surface area contributed by atoms with Crippen molar-refractivity contribution in [3.8, 4) is 5.75 Å². The Morgan fingerprint density at radius 3 is 2.56 bits per heavy atom. The van der Waals surface area contributed by atoms with Crippen molar-refractivity contribution in [3.63, 3.8) is 0 Å². The van der Waals surface area contributed by atoms with Gasteiger partial charge in [0.15, 0.2) is 0 Å². The number of hydrogen-bond donors (Lipinski definition) is 2. The fraction of sp³-hybridized carbons (Fsp3) is 0.259. The van der Waals surface area contributed by atoms with Crippen LogP contribution in [0.2, 0.25) is 5.02 Å². The van der Waals surface area contributed by atoms with Gasteiger partial charge in [0.05, 0.1) is 22.9 Å². The van der Waals surface area contributed by atoms with Crippen LogP contribution in [0.4, 0.5) is 18.9 Å².